The Morgan fingerprint density at radius 3 is 2.68 bits per heavy atom. The van der Waals surface area contributed by atoms with Crippen molar-refractivity contribution < 1.29 is 14.3 Å². The molecule has 0 aliphatic carbocycles. The molecule has 3 aromatic rings. The van der Waals surface area contributed by atoms with E-state index in [-0.39, 0.29) is 11.8 Å². The summed E-state index contributed by atoms with van der Waals surface area (Å²) in [6.07, 6.45) is 3.11. The molecule has 0 spiro atoms. The van der Waals surface area contributed by atoms with Gasteiger partial charge in [-0.05, 0) is 36.4 Å². The van der Waals surface area contributed by atoms with Gasteiger partial charge in [-0.15, -0.1) is 0 Å². The van der Waals surface area contributed by atoms with E-state index in [0.717, 1.165) is 43.8 Å². The molecule has 2 amide bonds. The topological polar surface area (TPSA) is 99.3 Å². The Balaban J connectivity index is 1.26. The molecule has 4 rings (SSSR count). The number of hydrogen-bond acceptors (Lipinski definition) is 5. The highest BCUT2D eigenvalue weighted by atomic mass is 16.5. The maximum Gasteiger partial charge on any atom is 0.251 e. The lowest BCUT2D eigenvalue weighted by atomic mass is 10.2. The number of carbonyl (C=O) groups excluding carboxylic acids is 2. The van der Waals surface area contributed by atoms with Gasteiger partial charge in [0.05, 0.1) is 24.4 Å². The molecule has 8 heteroatoms. The lowest BCUT2D eigenvalue weighted by Crippen LogP contribution is -2.41. The van der Waals surface area contributed by atoms with E-state index in [4.69, 9.17) is 4.74 Å². The molecule has 1 fully saturated rings. The smallest absolute Gasteiger partial charge is 0.251 e. The Bertz CT molecular complexity index is 1070. The van der Waals surface area contributed by atoms with Gasteiger partial charge >= 0.3 is 0 Å². The SMILES string of the molecule is O=C(/C=C/c1n[nH]c2ccccc12)Nc1ccc(C(=O)NCCN2CCOCC2)cc1. The Morgan fingerprint density at radius 1 is 1.10 bits per heavy atom. The minimum absolute atomic E-state index is 0.128. The summed E-state index contributed by atoms with van der Waals surface area (Å²) in [5.41, 5.74) is 2.79. The lowest BCUT2D eigenvalue weighted by molar-refractivity contribution is -0.111. The third-order valence-electron chi connectivity index (χ3n) is 5.12. The van der Waals surface area contributed by atoms with Gasteiger partial charge in [0, 0.05) is 48.9 Å². The Labute approximate surface area is 180 Å². The second kappa shape index (κ2) is 10.0. The van der Waals surface area contributed by atoms with Crippen LogP contribution in [-0.4, -0.2) is 66.3 Å². The molecule has 0 radical (unpaired) electrons. The number of anilines is 1. The van der Waals surface area contributed by atoms with Crippen LogP contribution < -0.4 is 10.6 Å². The van der Waals surface area contributed by atoms with Crippen molar-refractivity contribution in [2.24, 2.45) is 0 Å². The number of morpholine rings is 1. The minimum atomic E-state index is -0.269. The first-order chi connectivity index (χ1) is 15.2. The van der Waals surface area contributed by atoms with E-state index in [1.54, 1.807) is 30.3 Å². The first-order valence-corrected chi connectivity index (χ1v) is 10.3. The summed E-state index contributed by atoms with van der Waals surface area (Å²) in [4.78, 5) is 26.8. The summed E-state index contributed by atoms with van der Waals surface area (Å²) < 4.78 is 5.32. The van der Waals surface area contributed by atoms with E-state index in [0.29, 0.717) is 23.5 Å². The van der Waals surface area contributed by atoms with E-state index in [1.807, 2.05) is 24.3 Å². The maximum absolute atomic E-state index is 12.3. The van der Waals surface area contributed by atoms with Gasteiger partial charge in [-0.1, -0.05) is 18.2 Å². The number of hydrogen-bond donors (Lipinski definition) is 3. The normalized spacial score (nSPS) is 14.7. The Hall–Kier alpha value is -3.49. The number of aromatic amines is 1. The number of benzene rings is 2. The van der Waals surface area contributed by atoms with E-state index in [1.165, 1.54) is 6.08 Å². The zero-order chi connectivity index (χ0) is 21.5. The molecule has 0 unspecified atom stereocenters. The molecule has 2 aromatic carbocycles. The van der Waals surface area contributed by atoms with Crippen LogP contribution in [0.4, 0.5) is 5.69 Å². The number of nitrogens with zero attached hydrogens (tertiary/aromatic N) is 2. The van der Waals surface area contributed by atoms with Crippen LogP contribution in [0, 0.1) is 0 Å². The van der Waals surface area contributed by atoms with Crippen LogP contribution in [0.2, 0.25) is 0 Å². The van der Waals surface area contributed by atoms with E-state index < -0.39 is 0 Å². The highest BCUT2D eigenvalue weighted by Crippen LogP contribution is 2.16. The van der Waals surface area contributed by atoms with Gasteiger partial charge in [-0.2, -0.15) is 5.10 Å². The molecule has 3 N–H and O–H groups in total. The third kappa shape index (κ3) is 5.56. The second-order valence-electron chi connectivity index (χ2n) is 7.26. The number of carbonyl (C=O) groups is 2. The summed E-state index contributed by atoms with van der Waals surface area (Å²) in [7, 11) is 0. The van der Waals surface area contributed by atoms with Gasteiger partial charge in [0.25, 0.3) is 5.91 Å². The van der Waals surface area contributed by atoms with Gasteiger partial charge in [0.15, 0.2) is 0 Å². The number of aromatic nitrogens is 2. The summed E-state index contributed by atoms with van der Waals surface area (Å²) in [6, 6.07) is 14.6. The van der Waals surface area contributed by atoms with Crippen LogP contribution in [0.15, 0.2) is 54.6 Å². The number of para-hydroxylation sites is 1. The zero-order valence-electron chi connectivity index (χ0n) is 17.1. The molecule has 0 atom stereocenters. The molecule has 31 heavy (non-hydrogen) atoms. The predicted molar refractivity (Wildman–Crippen MR) is 120 cm³/mol. The zero-order valence-corrected chi connectivity index (χ0v) is 17.1. The number of rotatable bonds is 7. The van der Waals surface area contributed by atoms with Gasteiger partial charge < -0.3 is 15.4 Å². The summed E-state index contributed by atoms with van der Waals surface area (Å²) in [6.45, 7) is 4.68. The van der Waals surface area contributed by atoms with Crippen molar-refractivity contribution in [3.8, 4) is 0 Å². The van der Waals surface area contributed by atoms with Crippen LogP contribution in [-0.2, 0) is 9.53 Å². The molecule has 0 saturated carbocycles. The molecule has 8 nitrogen and oxygen atoms in total. The van der Waals surface area contributed by atoms with Crippen LogP contribution >= 0.6 is 0 Å². The van der Waals surface area contributed by atoms with Crippen molar-refractivity contribution in [3.05, 3.63) is 65.9 Å². The summed E-state index contributed by atoms with van der Waals surface area (Å²) in [5.74, 6) is -0.397. The summed E-state index contributed by atoms with van der Waals surface area (Å²) >= 11 is 0. The first-order valence-electron chi connectivity index (χ1n) is 10.3. The standard InChI is InChI=1S/C23H25N5O3/c29-22(10-9-21-19-3-1-2-4-20(19)26-27-21)25-18-7-5-17(6-8-18)23(30)24-11-12-28-13-15-31-16-14-28/h1-10H,11-16H2,(H,24,30)(H,25,29)(H,26,27)/b10-9+. The first kappa shape index (κ1) is 20.8. The average molecular weight is 419 g/mol. The average Bonchev–Trinajstić information content (AvgIpc) is 3.22. The number of ether oxygens (including phenoxy) is 1. The van der Waals surface area contributed by atoms with Crippen LogP contribution in [0.5, 0.6) is 0 Å². The fraction of sp³-hybridized carbons (Fsp3) is 0.261. The third-order valence-corrected chi connectivity index (χ3v) is 5.12. The van der Waals surface area contributed by atoms with E-state index in [2.05, 4.69) is 25.7 Å². The molecular formula is C23H25N5O3. The molecule has 2 heterocycles. The molecule has 1 aromatic heterocycles. The molecular weight excluding hydrogens is 394 g/mol. The van der Waals surface area contributed by atoms with Crippen molar-refractivity contribution in [1.82, 2.24) is 20.4 Å². The van der Waals surface area contributed by atoms with Crippen molar-refractivity contribution >= 4 is 34.5 Å². The van der Waals surface area contributed by atoms with Crippen molar-refractivity contribution in [2.45, 2.75) is 0 Å². The molecule has 160 valence electrons. The van der Waals surface area contributed by atoms with Crippen molar-refractivity contribution in [1.29, 1.82) is 0 Å². The fourth-order valence-electron chi connectivity index (χ4n) is 3.41. The number of amides is 2. The highest BCUT2D eigenvalue weighted by Gasteiger charge is 2.11. The van der Waals surface area contributed by atoms with E-state index >= 15 is 0 Å². The van der Waals surface area contributed by atoms with Crippen LogP contribution in [0.25, 0.3) is 17.0 Å². The predicted octanol–water partition coefficient (Wildman–Crippen LogP) is 2.28. The number of fused-ring (bicyclic) bond motifs is 1. The van der Waals surface area contributed by atoms with Gasteiger partial charge in [0.1, 0.15) is 0 Å². The van der Waals surface area contributed by atoms with Crippen LogP contribution in [0.3, 0.4) is 0 Å². The largest absolute Gasteiger partial charge is 0.379 e. The van der Waals surface area contributed by atoms with Crippen LogP contribution in [0.1, 0.15) is 16.1 Å². The fourth-order valence-corrected chi connectivity index (χ4v) is 3.41. The minimum Gasteiger partial charge on any atom is -0.379 e. The Kier molecular flexibility index (Phi) is 6.71. The molecule has 1 aliphatic heterocycles. The summed E-state index contributed by atoms with van der Waals surface area (Å²) in [5, 5.41) is 13.8. The highest BCUT2D eigenvalue weighted by molar-refractivity contribution is 6.03. The number of H-pyrrole nitrogens is 1. The van der Waals surface area contributed by atoms with Gasteiger partial charge in [-0.25, -0.2) is 0 Å². The van der Waals surface area contributed by atoms with Crippen molar-refractivity contribution in [2.75, 3.05) is 44.7 Å². The maximum atomic E-state index is 12.3. The number of nitrogens with one attached hydrogen (secondary N) is 3. The second-order valence-corrected chi connectivity index (χ2v) is 7.26. The molecule has 1 aliphatic rings. The Morgan fingerprint density at radius 2 is 1.87 bits per heavy atom. The van der Waals surface area contributed by atoms with Gasteiger partial charge in [-0.3, -0.25) is 19.6 Å². The lowest BCUT2D eigenvalue weighted by Gasteiger charge is -2.26. The van der Waals surface area contributed by atoms with Crippen molar-refractivity contribution in [3.63, 3.8) is 0 Å². The monoisotopic (exact) mass is 419 g/mol. The quantitative estimate of drug-likeness (QED) is 0.510. The van der Waals surface area contributed by atoms with Gasteiger partial charge in [0.2, 0.25) is 5.91 Å². The van der Waals surface area contributed by atoms with E-state index in [9.17, 15) is 9.59 Å². The molecule has 0 bridgehead atoms. The molecule has 1 saturated heterocycles.